The van der Waals surface area contributed by atoms with Gasteiger partial charge in [0.1, 0.15) is 11.5 Å². The summed E-state index contributed by atoms with van der Waals surface area (Å²) < 4.78 is 9.04. The van der Waals surface area contributed by atoms with E-state index in [1.54, 1.807) is 0 Å². The molecule has 3 heterocycles. The molecule has 3 nitrogen and oxygen atoms in total. The Balaban J connectivity index is 1.02. The molecular weight excluding hydrogens is 681 g/mol. The summed E-state index contributed by atoms with van der Waals surface area (Å²) in [5.41, 5.74) is 15.0. The molecule has 0 bridgehead atoms. The third kappa shape index (κ3) is 5.47. The molecule has 56 heavy (non-hydrogen) atoms. The lowest BCUT2D eigenvalue weighted by Crippen LogP contribution is -2.07. The molecule has 2 aromatic heterocycles. The van der Waals surface area contributed by atoms with Crippen LogP contribution >= 0.6 is 0 Å². The van der Waals surface area contributed by atoms with Crippen LogP contribution in [0.15, 0.2) is 200 Å². The maximum Gasteiger partial charge on any atom is 0.130 e. The number of aromatic nitrogens is 2. The highest BCUT2D eigenvalue weighted by atomic mass is 16.5. The number of para-hydroxylation sites is 3. The lowest BCUT2D eigenvalue weighted by Gasteiger charge is -2.21. The molecule has 11 rings (SSSR count). The average Bonchev–Trinajstić information content (AvgIpc) is 3.83. The van der Waals surface area contributed by atoms with Crippen molar-refractivity contribution in [1.29, 1.82) is 0 Å². The molecule has 6 aromatic carbocycles. The summed E-state index contributed by atoms with van der Waals surface area (Å²) in [5.74, 6) is 2.51. The van der Waals surface area contributed by atoms with Gasteiger partial charge in [0.05, 0.1) is 22.4 Å². The number of allylic oxidation sites excluding steroid dienone is 8. The van der Waals surface area contributed by atoms with Crippen LogP contribution in [0.2, 0.25) is 0 Å². The van der Waals surface area contributed by atoms with E-state index in [0.717, 1.165) is 52.6 Å². The fourth-order valence-electron chi connectivity index (χ4n) is 8.95. The summed E-state index contributed by atoms with van der Waals surface area (Å²) in [6.07, 6.45) is 15.2. The zero-order chi connectivity index (χ0) is 37.0. The molecule has 0 N–H and O–H groups in total. The second-order valence-electron chi connectivity index (χ2n) is 15.0. The molecule has 2 atom stereocenters. The van der Waals surface area contributed by atoms with Gasteiger partial charge in [-0.15, -0.1) is 0 Å². The number of benzene rings is 6. The third-order valence-corrected chi connectivity index (χ3v) is 11.7. The molecule has 3 heteroatoms. The van der Waals surface area contributed by atoms with Gasteiger partial charge in [0.25, 0.3) is 0 Å². The Labute approximate surface area is 326 Å². The van der Waals surface area contributed by atoms with Crippen LogP contribution in [-0.2, 0) is 0 Å². The van der Waals surface area contributed by atoms with E-state index in [2.05, 4.69) is 199 Å². The monoisotopic (exact) mass is 718 g/mol. The second-order valence-corrected chi connectivity index (χ2v) is 15.0. The highest BCUT2D eigenvalue weighted by Gasteiger charge is 2.33. The molecule has 0 amide bonds. The van der Waals surface area contributed by atoms with E-state index in [1.807, 2.05) is 0 Å². The van der Waals surface area contributed by atoms with Crippen molar-refractivity contribution >= 4 is 27.4 Å². The smallest absolute Gasteiger partial charge is 0.130 e. The summed E-state index contributed by atoms with van der Waals surface area (Å²) in [5, 5.41) is 2.45. The Morgan fingerprint density at radius 3 is 2.27 bits per heavy atom. The first-order valence-electron chi connectivity index (χ1n) is 19.6. The Hall–Kier alpha value is -6.97. The standard InChI is InChI=1S/C53H38N2O/c1-3-15-35(16-4-1)40-33-47(36-17-5-2-6-18-36)54-48(34-40)39-20-13-19-37(31-39)38-29-30-51-46(32-38)42-22-8-11-27-50(42)55(51)49-26-10-7-21-41(49)44-24-14-25-45-43-23-9-12-28-52(43)56-53(44)45/h1-17,19-24,26-34,36,45H,18,25H2. The molecule has 0 fully saturated rings. The van der Waals surface area contributed by atoms with E-state index in [1.165, 1.54) is 55.2 Å². The number of ether oxygens (including phenoxy) is 1. The minimum absolute atomic E-state index is 0.236. The summed E-state index contributed by atoms with van der Waals surface area (Å²) in [7, 11) is 0. The highest BCUT2D eigenvalue weighted by molar-refractivity contribution is 6.11. The SMILES string of the molecule is C1=CCC(c2cc(-c3ccccc3)cc(-c3cccc(-c4ccc5c(c4)c4ccccc4n5-c4ccccc4C4=C5Oc6ccccc6C5CC=C4)c3)n2)C=C1. The summed E-state index contributed by atoms with van der Waals surface area (Å²) >= 11 is 0. The van der Waals surface area contributed by atoms with Crippen LogP contribution in [0.3, 0.4) is 0 Å². The van der Waals surface area contributed by atoms with E-state index in [0.29, 0.717) is 0 Å². The van der Waals surface area contributed by atoms with Gasteiger partial charge < -0.3 is 9.30 Å². The van der Waals surface area contributed by atoms with Crippen LogP contribution < -0.4 is 4.74 Å². The molecule has 3 aliphatic rings. The third-order valence-electron chi connectivity index (χ3n) is 11.7. The van der Waals surface area contributed by atoms with Crippen LogP contribution in [0.5, 0.6) is 5.75 Å². The first-order valence-corrected chi connectivity index (χ1v) is 19.6. The second kappa shape index (κ2) is 13.4. The van der Waals surface area contributed by atoms with E-state index in [4.69, 9.17) is 9.72 Å². The van der Waals surface area contributed by atoms with Crippen molar-refractivity contribution in [1.82, 2.24) is 9.55 Å². The van der Waals surface area contributed by atoms with Gasteiger partial charge in [-0.05, 0) is 83.6 Å². The van der Waals surface area contributed by atoms with Crippen LogP contribution in [-0.4, -0.2) is 9.55 Å². The van der Waals surface area contributed by atoms with E-state index in [-0.39, 0.29) is 11.8 Å². The lowest BCUT2D eigenvalue weighted by molar-refractivity contribution is 0.429. The van der Waals surface area contributed by atoms with Crippen molar-refractivity contribution in [2.24, 2.45) is 0 Å². The molecule has 0 saturated heterocycles. The number of nitrogens with zero attached hydrogens (tertiary/aromatic N) is 2. The van der Waals surface area contributed by atoms with Crippen molar-refractivity contribution in [3.8, 4) is 44.9 Å². The Morgan fingerprint density at radius 1 is 0.554 bits per heavy atom. The van der Waals surface area contributed by atoms with Gasteiger partial charge in [-0.2, -0.15) is 0 Å². The summed E-state index contributed by atoms with van der Waals surface area (Å²) in [4.78, 5) is 5.29. The van der Waals surface area contributed by atoms with Crippen molar-refractivity contribution in [2.75, 3.05) is 0 Å². The van der Waals surface area contributed by atoms with Gasteiger partial charge >= 0.3 is 0 Å². The zero-order valence-electron chi connectivity index (χ0n) is 30.8. The number of hydrogen-bond acceptors (Lipinski definition) is 2. The Kier molecular flexibility index (Phi) is 7.77. The number of pyridine rings is 1. The topological polar surface area (TPSA) is 27.1 Å². The molecular formula is C53H38N2O. The lowest BCUT2D eigenvalue weighted by atomic mass is 9.86. The quantitative estimate of drug-likeness (QED) is 0.171. The van der Waals surface area contributed by atoms with Gasteiger partial charge in [-0.25, -0.2) is 0 Å². The van der Waals surface area contributed by atoms with E-state index in [9.17, 15) is 0 Å². The highest BCUT2D eigenvalue weighted by Crippen LogP contribution is 2.49. The van der Waals surface area contributed by atoms with Crippen molar-refractivity contribution in [3.05, 3.63) is 217 Å². The largest absolute Gasteiger partial charge is 0.460 e. The molecule has 8 aromatic rings. The maximum atomic E-state index is 6.61. The first kappa shape index (κ1) is 32.5. The van der Waals surface area contributed by atoms with Crippen LogP contribution in [0.25, 0.3) is 66.6 Å². The predicted octanol–water partition coefficient (Wildman–Crippen LogP) is 13.6. The normalized spacial score (nSPS) is 17.0. The molecule has 266 valence electrons. The van der Waals surface area contributed by atoms with Crippen LogP contribution in [0.1, 0.15) is 41.5 Å². The Bertz CT molecular complexity index is 2960. The molecule has 2 aliphatic carbocycles. The minimum atomic E-state index is 0.236. The molecule has 2 unspecified atom stereocenters. The first-order chi connectivity index (χ1) is 27.8. The predicted molar refractivity (Wildman–Crippen MR) is 231 cm³/mol. The number of rotatable bonds is 6. The van der Waals surface area contributed by atoms with Gasteiger partial charge in [0.2, 0.25) is 0 Å². The van der Waals surface area contributed by atoms with Crippen LogP contribution in [0.4, 0.5) is 0 Å². The molecule has 0 spiro atoms. The van der Waals surface area contributed by atoms with Gasteiger partial charge in [-0.3, -0.25) is 4.98 Å². The molecule has 0 saturated carbocycles. The van der Waals surface area contributed by atoms with Gasteiger partial charge in [-0.1, -0.05) is 146 Å². The van der Waals surface area contributed by atoms with Crippen LogP contribution in [0, 0.1) is 0 Å². The zero-order valence-corrected chi connectivity index (χ0v) is 30.8. The van der Waals surface area contributed by atoms with Gasteiger partial charge in [0.15, 0.2) is 0 Å². The van der Waals surface area contributed by atoms with E-state index >= 15 is 0 Å². The van der Waals surface area contributed by atoms with Crippen molar-refractivity contribution in [3.63, 3.8) is 0 Å². The Morgan fingerprint density at radius 2 is 1.34 bits per heavy atom. The van der Waals surface area contributed by atoms with Crippen molar-refractivity contribution in [2.45, 2.75) is 24.7 Å². The molecule has 0 radical (unpaired) electrons. The molecule has 1 aliphatic heterocycles. The van der Waals surface area contributed by atoms with Crippen molar-refractivity contribution < 1.29 is 4.74 Å². The minimum Gasteiger partial charge on any atom is -0.460 e. The number of fused-ring (bicyclic) bond motifs is 6. The number of hydrogen-bond donors (Lipinski definition) is 0. The fraction of sp³-hybridized carbons (Fsp3) is 0.0755. The van der Waals surface area contributed by atoms with Gasteiger partial charge in [0, 0.05) is 50.6 Å². The maximum absolute atomic E-state index is 6.61. The fourth-order valence-corrected chi connectivity index (χ4v) is 8.95. The summed E-state index contributed by atoms with van der Waals surface area (Å²) in [6, 6.07) is 57.0. The average molecular weight is 719 g/mol. The summed E-state index contributed by atoms with van der Waals surface area (Å²) in [6.45, 7) is 0. The van der Waals surface area contributed by atoms with E-state index < -0.39 is 0 Å².